The monoisotopic (exact) mass is 421 g/mol. The maximum absolute atomic E-state index is 13.2. The van der Waals surface area contributed by atoms with Gasteiger partial charge in [0.05, 0.1) is 29.3 Å². The number of benzene rings is 2. The van der Waals surface area contributed by atoms with Crippen LogP contribution in [0.2, 0.25) is 0 Å². The van der Waals surface area contributed by atoms with E-state index in [9.17, 15) is 9.59 Å². The third-order valence-corrected chi connectivity index (χ3v) is 5.66. The van der Waals surface area contributed by atoms with Gasteiger partial charge in [-0.25, -0.2) is 9.78 Å². The quantitative estimate of drug-likeness (QED) is 0.255. The molecule has 0 saturated carbocycles. The van der Waals surface area contributed by atoms with Gasteiger partial charge in [-0.05, 0) is 30.2 Å². The number of thioether (sulfide) groups is 1. The molecule has 0 aliphatic rings. The van der Waals surface area contributed by atoms with E-state index in [-0.39, 0.29) is 5.56 Å². The van der Waals surface area contributed by atoms with Crippen LogP contribution in [0.15, 0.2) is 75.3 Å². The highest BCUT2D eigenvalue weighted by molar-refractivity contribution is 7.98. The summed E-state index contributed by atoms with van der Waals surface area (Å²) in [5.41, 5.74) is 2.56. The molecule has 7 nitrogen and oxygen atoms in total. The number of nitrogens with zero attached hydrogens (tertiary/aromatic N) is 3. The number of carbonyl (C=O) groups is 1. The fourth-order valence-corrected chi connectivity index (χ4v) is 4.01. The first kappa shape index (κ1) is 19.9. The average molecular weight is 421 g/mol. The van der Waals surface area contributed by atoms with Gasteiger partial charge < -0.3 is 9.26 Å². The first-order valence-corrected chi connectivity index (χ1v) is 10.3. The van der Waals surface area contributed by atoms with Crippen LogP contribution in [0.4, 0.5) is 0 Å². The Kier molecular flexibility index (Phi) is 5.94. The number of fused-ring (bicyclic) bond motifs is 1. The summed E-state index contributed by atoms with van der Waals surface area (Å²) < 4.78 is 11.3. The van der Waals surface area contributed by atoms with E-state index in [0.717, 1.165) is 11.3 Å². The Balaban J connectivity index is 1.73. The minimum atomic E-state index is -0.469. The number of carbonyl (C=O) groups excluding carboxylic acids is 1. The number of aromatic nitrogens is 3. The Hall–Kier alpha value is -3.39. The van der Waals surface area contributed by atoms with Gasteiger partial charge >= 0.3 is 5.97 Å². The standard InChI is InChI=1S/C22H19N3O4S/c1-28-21(27)16-7-8-18-19(13-16)23-22(30-14-17-10-12-29-24-17)25(20(18)26)11-9-15-5-3-2-4-6-15/h2-8,10,12-13H,9,11,14H2,1H3. The lowest BCUT2D eigenvalue weighted by Crippen LogP contribution is -2.24. The number of rotatable bonds is 7. The zero-order valence-corrected chi connectivity index (χ0v) is 17.1. The Bertz CT molecular complexity index is 1220. The van der Waals surface area contributed by atoms with Crippen LogP contribution in [0.3, 0.4) is 0 Å². The van der Waals surface area contributed by atoms with E-state index in [2.05, 4.69) is 10.1 Å². The topological polar surface area (TPSA) is 87.2 Å². The average Bonchev–Trinajstić information content (AvgIpc) is 3.30. The summed E-state index contributed by atoms with van der Waals surface area (Å²) in [5.74, 6) is 0.0416. The molecule has 0 fully saturated rings. The second-order valence-electron chi connectivity index (χ2n) is 6.59. The third-order valence-electron chi connectivity index (χ3n) is 4.65. The van der Waals surface area contributed by atoms with Crippen molar-refractivity contribution < 1.29 is 14.1 Å². The lowest BCUT2D eigenvalue weighted by atomic mass is 10.1. The van der Waals surface area contributed by atoms with Gasteiger partial charge in [0.15, 0.2) is 5.16 Å². The van der Waals surface area contributed by atoms with E-state index in [4.69, 9.17) is 9.26 Å². The van der Waals surface area contributed by atoms with Crippen molar-refractivity contribution in [3.8, 4) is 0 Å². The van der Waals surface area contributed by atoms with Gasteiger partial charge in [-0.15, -0.1) is 0 Å². The predicted octanol–water partition coefficient (Wildman–Crippen LogP) is 3.71. The number of hydrogen-bond acceptors (Lipinski definition) is 7. The predicted molar refractivity (Wildman–Crippen MR) is 114 cm³/mol. The normalized spacial score (nSPS) is 11.0. The molecule has 2 aromatic carbocycles. The van der Waals surface area contributed by atoms with Crippen molar-refractivity contribution in [3.63, 3.8) is 0 Å². The van der Waals surface area contributed by atoms with Crippen LogP contribution in [0, 0.1) is 0 Å². The molecular weight excluding hydrogens is 402 g/mol. The van der Waals surface area contributed by atoms with Gasteiger partial charge in [-0.1, -0.05) is 47.3 Å². The molecule has 0 amide bonds. The van der Waals surface area contributed by atoms with Crippen molar-refractivity contribution in [2.45, 2.75) is 23.9 Å². The zero-order chi connectivity index (χ0) is 20.9. The molecule has 0 saturated heterocycles. The molecule has 2 aromatic heterocycles. The molecule has 0 spiro atoms. The Morgan fingerprint density at radius 1 is 1.17 bits per heavy atom. The van der Waals surface area contributed by atoms with Gasteiger partial charge in [-0.3, -0.25) is 9.36 Å². The van der Waals surface area contributed by atoms with Crippen molar-refractivity contribution in [2.24, 2.45) is 0 Å². The summed E-state index contributed by atoms with van der Waals surface area (Å²) in [6.45, 7) is 0.492. The molecule has 4 rings (SSSR count). The maximum atomic E-state index is 13.2. The van der Waals surface area contributed by atoms with Crippen LogP contribution in [0.25, 0.3) is 10.9 Å². The minimum absolute atomic E-state index is 0.144. The summed E-state index contributed by atoms with van der Waals surface area (Å²) >= 11 is 1.40. The first-order chi connectivity index (χ1) is 14.7. The molecule has 0 aliphatic carbocycles. The van der Waals surface area contributed by atoms with Gasteiger partial charge in [0.25, 0.3) is 5.56 Å². The molecule has 0 N–H and O–H groups in total. The summed E-state index contributed by atoms with van der Waals surface area (Å²) in [7, 11) is 1.32. The van der Waals surface area contributed by atoms with E-state index in [0.29, 0.717) is 40.3 Å². The fraction of sp³-hybridized carbons (Fsp3) is 0.182. The van der Waals surface area contributed by atoms with E-state index >= 15 is 0 Å². The van der Waals surface area contributed by atoms with E-state index in [1.165, 1.54) is 25.1 Å². The Morgan fingerprint density at radius 2 is 2.00 bits per heavy atom. The van der Waals surface area contributed by atoms with E-state index in [1.54, 1.807) is 28.8 Å². The second kappa shape index (κ2) is 8.96. The number of aryl methyl sites for hydroxylation is 1. The molecule has 152 valence electrons. The summed E-state index contributed by atoms with van der Waals surface area (Å²) in [6, 6.07) is 16.6. The fourth-order valence-electron chi connectivity index (χ4n) is 3.09. The highest BCUT2D eigenvalue weighted by Gasteiger charge is 2.15. The molecule has 2 heterocycles. The van der Waals surface area contributed by atoms with Crippen molar-refractivity contribution in [1.82, 2.24) is 14.7 Å². The van der Waals surface area contributed by atoms with Crippen molar-refractivity contribution >= 4 is 28.6 Å². The molecule has 0 radical (unpaired) electrons. The Morgan fingerprint density at radius 3 is 2.73 bits per heavy atom. The van der Waals surface area contributed by atoms with Crippen LogP contribution >= 0.6 is 11.8 Å². The molecule has 0 unspecified atom stereocenters. The number of methoxy groups -OCH3 is 1. The van der Waals surface area contributed by atoms with Crippen molar-refractivity contribution in [1.29, 1.82) is 0 Å². The molecule has 30 heavy (non-hydrogen) atoms. The van der Waals surface area contributed by atoms with Crippen molar-refractivity contribution in [3.05, 3.63) is 88.0 Å². The first-order valence-electron chi connectivity index (χ1n) is 9.34. The number of esters is 1. The van der Waals surface area contributed by atoms with Crippen LogP contribution < -0.4 is 5.56 Å². The molecule has 8 heteroatoms. The van der Waals surface area contributed by atoms with Crippen LogP contribution in [-0.4, -0.2) is 27.8 Å². The highest BCUT2D eigenvalue weighted by atomic mass is 32.2. The van der Waals surface area contributed by atoms with Crippen LogP contribution in [-0.2, 0) is 23.5 Å². The van der Waals surface area contributed by atoms with Crippen molar-refractivity contribution in [2.75, 3.05) is 7.11 Å². The van der Waals surface area contributed by atoms with E-state index in [1.807, 2.05) is 30.3 Å². The number of hydrogen-bond donors (Lipinski definition) is 0. The third kappa shape index (κ3) is 4.28. The number of ether oxygens (including phenoxy) is 1. The SMILES string of the molecule is COC(=O)c1ccc2c(=O)n(CCc3ccccc3)c(SCc3ccon3)nc2c1. The van der Waals surface area contributed by atoms with Gasteiger partial charge in [0.1, 0.15) is 6.26 Å². The summed E-state index contributed by atoms with van der Waals surface area (Å²) in [5, 5.41) is 4.94. The zero-order valence-electron chi connectivity index (χ0n) is 16.3. The molecular formula is C22H19N3O4S. The largest absolute Gasteiger partial charge is 0.465 e. The van der Waals surface area contributed by atoms with Crippen LogP contribution in [0.5, 0.6) is 0 Å². The molecule has 0 aliphatic heterocycles. The van der Waals surface area contributed by atoms with Crippen LogP contribution in [0.1, 0.15) is 21.6 Å². The van der Waals surface area contributed by atoms with Gasteiger partial charge in [0.2, 0.25) is 0 Å². The van der Waals surface area contributed by atoms with Gasteiger partial charge in [-0.2, -0.15) is 0 Å². The minimum Gasteiger partial charge on any atom is -0.465 e. The molecule has 0 bridgehead atoms. The van der Waals surface area contributed by atoms with Gasteiger partial charge in [0, 0.05) is 18.4 Å². The second-order valence-corrected chi connectivity index (χ2v) is 7.53. The summed E-state index contributed by atoms with van der Waals surface area (Å²) in [4.78, 5) is 29.8. The maximum Gasteiger partial charge on any atom is 0.337 e. The smallest absolute Gasteiger partial charge is 0.337 e. The molecule has 0 atom stereocenters. The molecule has 4 aromatic rings. The lowest BCUT2D eigenvalue weighted by Gasteiger charge is -2.13. The Labute approximate surface area is 176 Å². The van der Waals surface area contributed by atoms with E-state index < -0.39 is 5.97 Å². The highest BCUT2D eigenvalue weighted by Crippen LogP contribution is 2.22. The lowest BCUT2D eigenvalue weighted by molar-refractivity contribution is 0.0601. The summed E-state index contributed by atoms with van der Waals surface area (Å²) in [6.07, 6.45) is 2.21.